The lowest BCUT2D eigenvalue weighted by Gasteiger charge is -2.33. The molecule has 0 aromatic heterocycles. The zero-order valence-electron chi connectivity index (χ0n) is 8.46. The number of nitrogens with zero attached hydrogens (tertiary/aromatic N) is 1. The quantitative estimate of drug-likeness (QED) is 0.634. The minimum Gasteiger partial charge on any atom is -0.366 e. The summed E-state index contributed by atoms with van der Waals surface area (Å²) in [6.45, 7) is 5.86. The first-order valence-electron chi connectivity index (χ1n) is 5.03. The fraction of sp³-hybridized carbons (Fsp3) is 0.500. The van der Waals surface area contributed by atoms with E-state index >= 15 is 0 Å². The lowest BCUT2D eigenvalue weighted by molar-refractivity contribution is 0.518. The van der Waals surface area contributed by atoms with Gasteiger partial charge in [0.25, 0.3) is 0 Å². The minimum atomic E-state index is 0.349. The van der Waals surface area contributed by atoms with E-state index in [1.54, 1.807) is 0 Å². The van der Waals surface area contributed by atoms with Crippen LogP contribution >= 0.6 is 0 Å². The van der Waals surface area contributed by atoms with Crippen molar-refractivity contribution in [1.29, 1.82) is 0 Å². The van der Waals surface area contributed by atoms with Crippen LogP contribution < -0.4 is 4.90 Å². The molecule has 1 aliphatic heterocycles. The Kier molecular flexibility index (Phi) is 2.03. The van der Waals surface area contributed by atoms with Gasteiger partial charge in [-0.2, -0.15) is 0 Å². The second kappa shape index (κ2) is 3.06. The molecule has 1 fully saturated rings. The molecule has 0 amide bonds. The molecule has 13 heavy (non-hydrogen) atoms. The molecule has 0 radical (unpaired) electrons. The molecule has 0 bridgehead atoms. The average molecular weight is 175 g/mol. The number of rotatable bonds is 1. The molecule has 1 heteroatoms. The third-order valence-electron chi connectivity index (χ3n) is 2.97. The Balaban J connectivity index is 2.27. The van der Waals surface area contributed by atoms with Crippen molar-refractivity contribution in [3.63, 3.8) is 0 Å². The fourth-order valence-electron chi connectivity index (χ4n) is 2.19. The number of benzene rings is 1. The van der Waals surface area contributed by atoms with Gasteiger partial charge in [0.1, 0.15) is 0 Å². The molecule has 0 saturated carbocycles. The summed E-state index contributed by atoms with van der Waals surface area (Å²) in [4.78, 5) is 2.51. The largest absolute Gasteiger partial charge is 0.366 e. The highest BCUT2D eigenvalue weighted by atomic mass is 15.2. The van der Waals surface area contributed by atoms with Crippen LogP contribution in [0, 0.1) is 0 Å². The van der Waals surface area contributed by atoms with Crippen LogP contribution in [0.5, 0.6) is 0 Å². The van der Waals surface area contributed by atoms with Gasteiger partial charge in [-0.3, -0.25) is 0 Å². The van der Waals surface area contributed by atoms with Gasteiger partial charge in [-0.25, -0.2) is 0 Å². The first kappa shape index (κ1) is 8.61. The van der Waals surface area contributed by atoms with Gasteiger partial charge in [-0.05, 0) is 38.8 Å². The van der Waals surface area contributed by atoms with Crippen molar-refractivity contribution in [2.75, 3.05) is 11.4 Å². The van der Waals surface area contributed by atoms with Crippen LogP contribution in [-0.4, -0.2) is 12.1 Å². The van der Waals surface area contributed by atoms with E-state index in [1.807, 2.05) is 0 Å². The molecule has 1 heterocycles. The number of anilines is 1. The summed E-state index contributed by atoms with van der Waals surface area (Å²) >= 11 is 0. The number of hydrogen-bond acceptors (Lipinski definition) is 1. The van der Waals surface area contributed by atoms with Crippen LogP contribution in [0.25, 0.3) is 0 Å². The van der Waals surface area contributed by atoms with Crippen molar-refractivity contribution in [2.24, 2.45) is 0 Å². The van der Waals surface area contributed by atoms with E-state index in [1.165, 1.54) is 25.1 Å². The third-order valence-corrected chi connectivity index (χ3v) is 2.97. The van der Waals surface area contributed by atoms with E-state index in [0.717, 1.165) is 0 Å². The monoisotopic (exact) mass is 175 g/mol. The van der Waals surface area contributed by atoms with Crippen LogP contribution in [0.15, 0.2) is 30.3 Å². The van der Waals surface area contributed by atoms with Crippen molar-refractivity contribution in [3.05, 3.63) is 30.3 Å². The average Bonchev–Trinajstić information content (AvgIpc) is 2.47. The van der Waals surface area contributed by atoms with Crippen LogP contribution in [0.4, 0.5) is 5.69 Å². The van der Waals surface area contributed by atoms with E-state index in [9.17, 15) is 0 Å². The van der Waals surface area contributed by atoms with E-state index in [-0.39, 0.29) is 0 Å². The van der Waals surface area contributed by atoms with E-state index in [0.29, 0.717) is 5.54 Å². The summed E-state index contributed by atoms with van der Waals surface area (Å²) in [6.07, 6.45) is 2.63. The summed E-state index contributed by atoms with van der Waals surface area (Å²) in [5.41, 5.74) is 1.71. The smallest absolute Gasteiger partial charge is 0.0370 e. The zero-order valence-corrected chi connectivity index (χ0v) is 8.46. The molecular formula is C12H17N. The molecule has 0 aliphatic carbocycles. The molecule has 1 aromatic carbocycles. The van der Waals surface area contributed by atoms with Crippen LogP contribution in [0.2, 0.25) is 0 Å². The minimum absolute atomic E-state index is 0.349. The second-order valence-corrected chi connectivity index (χ2v) is 4.40. The van der Waals surface area contributed by atoms with Crippen LogP contribution in [0.3, 0.4) is 0 Å². The molecule has 1 aliphatic rings. The van der Waals surface area contributed by atoms with Crippen LogP contribution in [0.1, 0.15) is 26.7 Å². The molecule has 1 saturated heterocycles. The highest BCUT2D eigenvalue weighted by molar-refractivity contribution is 5.49. The maximum atomic E-state index is 2.51. The molecule has 70 valence electrons. The van der Waals surface area contributed by atoms with Crippen LogP contribution in [-0.2, 0) is 0 Å². The second-order valence-electron chi connectivity index (χ2n) is 4.40. The van der Waals surface area contributed by atoms with Crippen molar-refractivity contribution in [3.8, 4) is 0 Å². The Morgan fingerprint density at radius 1 is 1.15 bits per heavy atom. The van der Waals surface area contributed by atoms with Gasteiger partial charge in [-0.1, -0.05) is 18.2 Å². The fourth-order valence-corrected chi connectivity index (χ4v) is 2.19. The topological polar surface area (TPSA) is 3.24 Å². The first-order valence-corrected chi connectivity index (χ1v) is 5.03. The molecular weight excluding hydrogens is 158 g/mol. The summed E-state index contributed by atoms with van der Waals surface area (Å²) in [5, 5.41) is 0. The van der Waals surface area contributed by atoms with Gasteiger partial charge in [0.05, 0.1) is 0 Å². The molecule has 2 rings (SSSR count). The van der Waals surface area contributed by atoms with E-state index < -0.39 is 0 Å². The first-order chi connectivity index (χ1) is 6.20. The van der Waals surface area contributed by atoms with Gasteiger partial charge < -0.3 is 4.90 Å². The Morgan fingerprint density at radius 3 is 2.38 bits per heavy atom. The lowest BCUT2D eigenvalue weighted by atomic mass is 10.0. The molecule has 0 spiro atoms. The van der Waals surface area contributed by atoms with Crippen molar-refractivity contribution < 1.29 is 0 Å². The summed E-state index contributed by atoms with van der Waals surface area (Å²) in [6, 6.07) is 10.7. The molecule has 1 aromatic rings. The zero-order chi connectivity index (χ0) is 9.31. The predicted octanol–water partition coefficient (Wildman–Crippen LogP) is 3.07. The Morgan fingerprint density at radius 2 is 1.85 bits per heavy atom. The molecule has 1 nitrogen and oxygen atoms in total. The highest BCUT2D eigenvalue weighted by Crippen LogP contribution is 2.32. The van der Waals surface area contributed by atoms with Crippen molar-refractivity contribution in [2.45, 2.75) is 32.2 Å². The third kappa shape index (κ3) is 1.55. The standard InChI is InChI=1S/C12H17N/c1-12(2)9-6-10-13(12)11-7-4-3-5-8-11/h3-5,7-8H,6,9-10H2,1-2H3. The van der Waals surface area contributed by atoms with Gasteiger partial charge in [0.2, 0.25) is 0 Å². The van der Waals surface area contributed by atoms with Gasteiger partial charge in [0.15, 0.2) is 0 Å². The Hall–Kier alpha value is -0.980. The van der Waals surface area contributed by atoms with Gasteiger partial charge in [-0.15, -0.1) is 0 Å². The SMILES string of the molecule is CC1(C)CCCN1c1ccccc1. The Labute approximate surface area is 80.4 Å². The lowest BCUT2D eigenvalue weighted by Crippen LogP contribution is -2.37. The van der Waals surface area contributed by atoms with E-state index in [4.69, 9.17) is 0 Å². The number of hydrogen-bond donors (Lipinski definition) is 0. The summed E-state index contributed by atoms with van der Waals surface area (Å²) in [7, 11) is 0. The molecule has 0 N–H and O–H groups in total. The highest BCUT2D eigenvalue weighted by Gasteiger charge is 2.31. The Bertz CT molecular complexity index is 276. The van der Waals surface area contributed by atoms with Gasteiger partial charge >= 0.3 is 0 Å². The number of para-hydroxylation sites is 1. The molecule has 0 atom stereocenters. The maximum absolute atomic E-state index is 2.51. The maximum Gasteiger partial charge on any atom is 0.0370 e. The summed E-state index contributed by atoms with van der Waals surface area (Å²) in [5.74, 6) is 0. The van der Waals surface area contributed by atoms with Crippen molar-refractivity contribution in [1.82, 2.24) is 0 Å². The van der Waals surface area contributed by atoms with Crippen molar-refractivity contribution >= 4 is 5.69 Å². The summed E-state index contributed by atoms with van der Waals surface area (Å²) < 4.78 is 0. The molecule has 0 unspecified atom stereocenters. The van der Waals surface area contributed by atoms with Gasteiger partial charge in [0, 0.05) is 17.8 Å². The normalized spacial score (nSPS) is 20.6. The van der Waals surface area contributed by atoms with E-state index in [2.05, 4.69) is 49.1 Å². The predicted molar refractivity (Wildman–Crippen MR) is 57.1 cm³/mol.